The minimum atomic E-state index is -0.0604. The van der Waals surface area contributed by atoms with Crippen LogP contribution in [0, 0.1) is 0 Å². The number of ether oxygens (including phenoxy) is 2. The molecule has 242 valence electrons. The van der Waals surface area contributed by atoms with Gasteiger partial charge in [-0.25, -0.2) is 0 Å². The second-order valence-electron chi connectivity index (χ2n) is 13.4. The van der Waals surface area contributed by atoms with Crippen LogP contribution >= 0.6 is 0 Å². The van der Waals surface area contributed by atoms with E-state index in [9.17, 15) is 0 Å². The Labute approximate surface area is 297 Å². The topological polar surface area (TPSA) is 31.4 Å². The Kier molecular flexibility index (Phi) is 6.07. The molecule has 0 atom stereocenters. The predicted molar refractivity (Wildman–Crippen MR) is 208 cm³/mol. The lowest BCUT2D eigenvalue weighted by atomic mass is 9.35. The number of anilines is 8. The zero-order chi connectivity index (χ0) is 33.5. The smallest absolute Gasteiger partial charge is 0.260 e. The molecule has 0 unspecified atom stereocenters. The molecule has 7 aromatic rings. The number of para-hydroxylation sites is 6. The summed E-state index contributed by atoms with van der Waals surface area (Å²) in [5, 5.41) is 0. The third kappa shape index (κ3) is 4.31. The summed E-state index contributed by atoms with van der Waals surface area (Å²) >= 11 is 0. The Hall–Kier alpha value is -6.60. The number of hydrogen-bond donors (Lipinski definition) is 0. The monoisotopic (exact) mass is 658 g/mol. The highest BCUT2D eigenvalue weighted by atomic mass is 16.5. The maximum Gasteiger partial charge on any atom is 0.260 e. The molecular formula is C44H31BN4O2. The van der Waals surface area contributed by atoms with Gasteiger partial charge in [0.15, 0.2) is 0 Å². The number of benzene rings is 7. The van der Waals surface area contributed by atoms with Crippen molar-refractivity contribution in [3.8, 4) is 23.0 Å². The van der Waals surface area contributed by atoms with Crippen LogP contribution in [0.3, 0.4) is 0 Å². The molecule has 4 aliphatic rings. The van der Waals surface area contributed by atoms with Gasteiger partial charge in [-0.2, -0.15) is 0 Å². The summed E-state index contributed by atoms with van der Waals surface area (Å²) in [5.41, 5.74) is 12.7. The minimum absolute atomic E-state index is 0.0604. The zero-order valence-corrected chi connectivity index (χ0v) is 27.7. The molecule has 0 aliphatic carbocycles. The van der Waals surface area contributed by atoms with Crippen molar-refractivity contribution in [2.75, 3.05) is 32.9 Å². The Morgan fingerprint density at radius 3 is 1.18 bits per heavy atom. The van der Waals surface area contributed by atoms with E-state index < -0.39 is 0 Å². The third-order valence-corrected chi connectivity index (χ3v) is 10.6. The van der Waals surface area contributed by atoms with E-state index in [1.165, 1.54) is 34.1 Å². The van der Waals surface area contributed by atoms with Gasteiger partial charge in [0.2, 0.25) is 0 Å². The van der Waals surface area contributed by atoms with E-state index in [0.29, 0.717) is 13.3 Å². The summed E-state index contributed by atoms with van der Waals surface area (Å²) in [4.78, 5) is 9.56. The minimum Gasteiger partial charge on any atom is -0.458 e. The highest BCUT2D eigenvalue weighted by Crippen LogP contribution is 2.46. The molecule has 7 aromatic carbocycles. The molecule has 0 aromatic heterocycles. The first-order chi connectivity index (χ1) is 25.3. The zero-order valence-electron chi connectivity index (χ0n) is 27.7. The van der Waals surface area contributed by atoms with E-state index in [1.807, 2.05) is 6.07 Å². The van der Waals surface area contributed by atoms with Crippen LogP contribution in [0.25, 0.3) is 0 Å². The highest BCUT2D eigenvalue weighted by Gasteiger charge is 2.41. The van der Waals surface area contributed by atoms with E-state index in [0.717, 1.165) is 50.8 Å². The second-order valence-corrected chi connectivity index (χ2v) is 13.4. The average molecular weight is 659 g/mol. The summed E-state index contributed by atoms with van der Waals surface area (Å²) < 4.78 is 13.3. The van der Waals surface area contributed by atoms with Crippen LogP contribution in [-0.4, -0.2) is 20.1 Å². The summed E-state index contributed by atoms with van der Waals surface area (Å²) in [7, 11) is 0. The maximum atomic E-state index is 6.63. The van der Waals surface area contributed by atoms with Crippen LogP contribution in [0.5, 0.6) is 23.0 Å². The molecule has 0 spiro atoms. The highest BCUT2D eigenvalue weighted by molar-refractivity contribution is 6.98. The first-order valence-electron chi connectivity index (χ1n) is 17.4. The van der Waals surface area contributed by atoms with Crippen molar-refractivity contribution in [1.29, 1.82) is 0 Å². The van der Waals surface area contributed by atoms with Gasteiger partial charge in [-0.15, -0.1) is 0 Å². The van der Waals surface area contributed by atoms with Gasteiger partial charge >= 0.3 is 0 Å². The van der Waals surface area contributed by atoms with Crippen LogP contribution in [0.1, 0.15) is 0 Å². The van der Waals surface area contributed by atoms with Crippen LogP contribution in [-0.2, 0) is 0 Å². The molecule has 51 heavy (non-hydrogen) atoms. The third-order valence-electron chi connectivity index (χ3n) is 10.6. The number of nitrogens with zero attached hydrogens (tertiary/aromatic N) is 4. The van der Waals surface area contributed by atoms with E-state index in [1.54, 1.807) is 0 Å². The molecule has 4 aliphatic heterocycles. The summed E-state index contributed by atoms with van der Waals surface area (Å²) in [6, 6.07) is 58.0. The molecule has 0 saturated heterocycles. The Morgan fingerprint density at radius 2 is 0.745 bits per heavy atom. The van der Waals surface area contributed by atoms with Gasteiger partial charge < -0.3 is 29.1 Å². The molecule has 11 rings (SSSR count). The van der Waals surface area contributed by atoms with Crippen molar-refractivity contribution in [2.24, 2.45) is 0 Å². The number of hydrogen-bond acceptors (Lipinski definition) is 6. The van der Waals surface area contributed by atoms with Gasteiger partial charge in [-0.05, 0) is 108 Å². The van der Waals surface area contributed by atoms with Crippen molar-refractivity contribution in [3.63, 3.8) is 0 Å². The molecule has 7 heteroatoms. The lowest BCUT2D eigenvalue weighted by molar-refractivity contribution is 0.464. The van der Waals surface area contributed by atoms with Gasteiger partial charge in [0, 0.05) is 28.2 Å². The SMILES string of the molecule is c1ccc(N2CN(c3ccc4c(c3)B3c5cc(N6CN(c7ccccc7)c7ccccc76)ccc5Oc5cccc(c53)O4)c3ccccc32)cc1. The van der Waals surface area contributed by atoms with Gasteiger partial charge in [0.1, 0.15) is 36.3 Å². The van der Waals surface area contributed by atoms with Gasteiger partial charge in [0.05, 0.1) is 22.7 Å². The maximum absolute atomic E-state index is 6.63. The lowest BCUT2D eigenvalue weighted by Gasteiger charge is -2.34. The molecule has 0 saturated carbocycles. The molecule has 0 radical (unpaired) electrons. The first-order valence-corrected chi connectivity index (χ1v) is 17.4. The Balaban J connectivity index is 1.03. The van der Waals surface area contributed by atoms with E-state index in [2.05, 4.69) is 177 Å². The van der Waals surface area contributed by atoms with Crippen molar-refractivity contribution >= 4 is 68.6 Å². The van der Waals surface area contributed by atoms with Crippen LogP contribution < -0.4 is 45.5 Å². The van der Waals surface area contributed by atoms with E-state index in [4.69, 9.17) is 9.47 Å². The largest absolute Gasteiger partial charge is 0.458 e. The lowest BCUT2D eigenvalue weighted by Crippen LogP contribution is -2.57. The quantitative estimate of drug-likeness (QED) is 0.176. The molecule has 0 fully saturated rings. The van der Waals surface area contributed by atoms with E-state index >= 15 is 0 Å². The Morgan fingerprint density at radius 1 is 0.353 bits per heavy atom. The van der Waals surface area contributed by atoms with Crippen LogP contribution in [0.15, 0.2) is 164 Å². The fourth-order valence-corrected chi connectivity index (χ4v) is 8.27. The van der Waals surface area contributed by atoms with E-state index in [-0.39, 0.29) is 6.71 Å². The average Bonchev–Trinajstić information content (AvgIpc) is 3.78. The second kappa shape index (κ2) is 11.0. The van der Waals surface area contributed by atoms with Crippen molar-refractivity contribution in [3.05, 3.63) is 164 Å². The molecule has 0 bridgehead atoms. The first kappa shape index (κ1) is 28.3. The molecule has 0 amide bonds. The van der Waals surface area contributed by atoms with Crippen molar-refractivity contribution in [2.45, 2.75) is 0 Å². The summed E-state index contributed by atoms with van der Waals surface area (Å²) in [5.74, 6) is 3.44. The molecule has 6 nitrogen and oxygen atoms in total. The van der Waals surface area contributed by atoms with Crippen molar-refractivity contribution in [1.82, 2.24) is 0 Å². The van der Waals surface area contributed by atoms with Crippen molar-refractivity contribution < 1.29 is 9.47 Å². The standard InChI is InChI=1S/C44H31BN4O2/c1-3-12-30(13-4-1)46-28-48(38-18-9-7-16-36(38)46)32-22-24-40-34(26-32)45-35-27-33(23-25-41(35)51-43-21-11-20-42(50-40)44(43)45)49-29-47(31-14-5-2-6-15-31)37-17-8-10-19-39(37)49/h1-27H,28-29H2. The fraction of sp³-hybridized carbons (Fsp3) is 0.0455. The Bertz CT molecular complexity index is 2320. The normalized spacial score (nSPS) is 14.6. The van der Waals surface area contributed by atoms with Gasteiger partial charge in [-0.1, -0.05) is 66.7 Å². The van der Waals surface area contributed by atoms with Crippen LogP contribution in [0.2, 0.25) is 0 Å². The van der Waals surface area contributed by atoms with Gasteiger partial charge in [0.25, 0.3) is 6.71 Å². The summed E-state index contributed by atoms with van der Waals surface area (Å²) in [6.45, 7) is 1.37. The molecular weight excluding hydrogens is 627 g/mol. The molecule has 4 heterocycles. The van der Waals surface area contributed by atoms with Crippen LogP contribution in [0.4, 0.5) is 45.5 Å². The number of fused-ring (bicyclic) bond motifs is 6. The number of rotatable bonds is 4. The summed E-state index contributed by atoms with van der Waals surface area (Å²) in [6.07, 6.45) is 0. The van der Waals surface area contributed by atoms with Gasteiger partial charge in [-0.3, -0.25) is 0 Å². The molecule has 0 N–H and O–H groups in total. The fourth-order valence-electron chi connectivity index (χ4n) is 8.27. The predicted octanol–water partition coefficient (Wildman–Crippen LogP) is 8.91.